The summed E-state index contributed by atoms with van der Waals surface area (Å²) in [6, 6.07) is 11.4. The van der Waals surface area contributed by atoms with Crippen molar-refractivity contribution >= 4 is 34.8 Å². The smallest absolute Gasteiger partial charge is 0.415 e. The molecule has 2 aromatic heterocycles. The van der Waals surface area contributed by atoms with Crippen LogP contribution < -0.4 is 10.7 Å². The van der Waals surface area contributed by atoms with Crippen LogP contribution in [-0.4, -0.2) is 93.9 Å². The summed E-state index contributed by atoms with van der Waals surface area (Å²) in [5.74, 6) is -1.89. The van der Waals surface area contributed by atoms with Crippen molar-refractivity contribution in [2.45, 2.75) is 98.4 Å². The van der Waals surface area contributed by atoms with Gasteiger partial charge in [-0.05, 0) is 117 Å². The van der Waals surface area contributed by atoms with Crippen molar-refractivity contribution < 1.29 is 38.5 Å². The van der Waals surface area contributed by atoms with Crippen LogP contribution in [0.3, 0.4) is 0 Å². The number of allylic oxidation sites excluding steroid dienone is 1. The van der Waals surface area contributed by atoms with Gasteiger partial charge in [0.05, 0.1) is 18.9 Å². The fourth-order valence-electron chi connectivity index (χ4n) is 8.58. The van der Waals surface area contributed by atoms with Gasteiger partial charge in [0.2, 0.25) is 0 Å². The first-order chi connectivity index (χ1) is 28.8. The number of aromatic nitrogens is 2. The SMILES string of the molecule is CCn1c(-c2cnccc2COC)c2c3cc(ccc31)-c1cc(O)cc(c1)C[C@H](NC(=O)C(OC(=O)N1CCCC1)=C(C)C)C(=O)N1CCC[C@H](N1)C(=O)OCC(C)(C)C2. The molecule has 3 aliphatic rings. The second kappa shape index (κ2) is 17.9. The Morgan fingerprint density at radius 1 is 1.03 bits per heavy atom. The number of carbonyl (C=O) groups is 4. The summed E-state index contributed by atoms with van der Waals surface area (Å²) in [6.07, 6.45) is 6.23. The molecular formula is C46H56N6O8. The molecule has 318 valence electrons. The normalized spacial score (nSPS) is 19.4. The number of aromatic hydroxyl groups is 1. The lowest BCUT2D eigenvalue weighted by molar-refractivity contribution is -0.155. The van der Waals surface area contributed by atoms with Crippen molar-refractivity contribution in [3.8, 4) is 28.1 Å². The van der Waals surface area contributed by atoms with Crippen molar-refractivity contribution in [1.82, 2.24) is 30.2 Å². The lowest BCUT2D eigenvalue weighted by Gasteiger charge is -2.35. The van der Waals surface area contributed by atoms with E-state index >= 15 is 0 Å². The monoisotopic (exact) mass is 820 g/mol. The number of carbonyl (C=O) groups excluding carboxylic acids is 4. The minimum absolute atomic E-state index is 0.00861. The Morgan fingerprint density at radius 2 is 1.82 bits per heavy atom. The maximum absolute atomic E-state index is 14.5. The van der Waals surface area contributed by atoms with Crippen molar-refractivity contribution in [2.24, 2.45) is 5.41 Å². The molecule has 4 aromatic rings. The molecule has 14 heteroatoms. The molecule has 0 radical (unpaired) electrons. The number of fused-ring (bicyclic) bond motifs is 6. The second-order valence-corrected chi connectivity index (χ2v) is 17.0. The van der Waals surface area contributed by atoms with E-state index in [1.165, 1.54) is 5.01 Å². The Kier molecular flexibility index (Phi) is 12.6. The molecule has 60 heavy (non-hydrogen) atoms. The molecular weight excluding hydrogens is 765 g/mol. The van der Waals surface area contributed by atoms with E-state index in [2.05, 4.69) is 53.2 Å². The number of amides is 3. The number of phenols is 1. The zero-order valence-electron chi connectivity index (χ0n) is 35.4. The Morgan fingerprint density at radius 3 is 2.55 bits per heavy atom. The van der Waals surface area contributed by atoms with Crippen molar-refractivity contribution in [1.29, 1.82) is 0 Å². The standard InChI is InChI=1S/C46H56N6O8/c1-7-51-39-13-12-30-23-34(39)35(40(51)36-25-47-15-14-31(36)26-58-6)24-46(4,5)27-59-44(56)37-11-10-18-52(49-37)43(55)38(21-29-19-32(30)22-33(53)20-29)48-42(54)41(28(2)3)60-45(57)50-16-8-9-17-50/h12-15,19-20,22-23,25,37-38,49,53H,7-11,16-18,21,24,26-27H2,1-6H3,(H,48,54)/t37-,38-/m0/s1. The lowest BCUT2D eigenvalue weighted by atomic mass is 9.84. The zero-order chi connectivity index (χ0) is 42.7. The molecule has 0 spiro atoms. The second-order valence-electron chi connectivity index (χ2n) is 17.0. The van der Waals surface area contributed by atoms with Crippen molar-refractivity contribution in [3.05, 3.63) is 82.9 Å². The van der Waals surface area contributed by atoms with Gasteiger partial charge in [-0.3, -0.25) is 24.4 Å². The highest BCUT2D eigenvalue weighted by Crippen LogP contribution is 2.41. The van der Waals surface area contributed by atoms with Crippen LogP contribution >= 0.6 is 0 Å². The number of phenolic OH excluding ortho intramolecular Hbond substituents is 1. The van der Waals surface area contributed by atoms with Crippen LogP contribution in [-0.2, 0) is 54.6 Å². The Labute approximate surface area is 350 Å². The molecule has 7 rings (SSSR count). The molecule has 2 saturated heterocycles. The van der Waals surface area contributed by atoms with Crippen molar-refractivity contribution in [3.63, 3.8) is 0 Å². The number of cyclic esters (lactones) is 1. The van der Waals surface area contributed by atoms with Gasteiger partial charge in [0, 0.05) is 74.0 Å². The summed E-state index contributed by atoms with van der Waals surface area (Å²) in [5.41, 5.74) is 10.2. The van der Waals surface area contributed by atoms with Gasteiger partial charge in [-0.2, -0.15) is 0 Å². The molecule has 3 amide bonds. The predicted octanol–water partition coefficient (Wildman–Crippen LogP) is 6.42. The van der Waals surface area contributed by atoms with E-state index < -0.39 is 41.4 Å². The van der Waals surface area contributed by atoms with Crippen LogP contribution in [0.15, 0.2) is 66.2 Å². The fourth-order valence-corrected chi connectivity index (χ4v) is 8.58. The number of hydrogen-bond acceptors (Lipinski definition) is 10. The number of benzene rings is 2. The minimum atomic E-state index is -1.18. The highest BCUT2D eigenvalue weighted by Gasteiger charge is 2.36. The number of hydrazine groups is 1. The van der Waals surface area contributed by atoms with Crippen LogP contribution in [0, 0.1) is 5.41 Å². The molecule has 0 saturated carbocycles. The third-order valence-corrected chi connectivity index (χ3v) is 11.5. The summed E-state index contributed by atoms with van der Waals surface area (Å²) < 4.78 is 19.6. The van der Waals surface area contributed by atoms with Crippen LogP contribution in [0.5, 0.6) is 5.75 Å². The number of nitrogens with one attached hydrogen (secondary N) is 2. The average Bonchev–Trinajstić information content (AvgIpc) is 3.88. The molecule has 0 unspecified atom stereocenters. The van der Waals surface area contributed by atoms with Gasteiger partial charge in [-0.25, -0.2) is 10.2 Å². The average molecular weight is 821 g/mol. The molecule has 6 bridgehead atoms. The lowest BCUT2D eigenvalue weighted by Crippen LogP contribution is -2.60. The first-order valence-electron chi connectivity index (χ1n) is 20.9. The number of aryl methyl sites for hydroxylation is 1. The first-order valence-corrected chi connectivity index (χ1v) is 20.9. The van der Waals surface area contributed by atoms with Gasteiger partial charge in [0.15, 0.2) is 5.76 Å². The third-order valence-electron chi connectivity index (χ3n) is 11.5. The highest BCUT2D eigenvalue weighted by atomic mass is 16.6. The largest absolute Gasteiger partial charge is 0.508 e. The quantitative estimate of drug-likeness (QED) is 0.108. The molecule has 3 aliphatic heterocycles. The zero-order valence-corrected chi connectivity index (χ0v) is 35.4. The predicted molar refractivity (Wildman–Crippen MR) is 226 cm³/mol. The number of esters is 1. The number of hydrogen-bond donors (Lipinski definition) is 3. The minimum Gasteiger partial charge on any atom is -0.508 e. The molecule has 14 nitrogen and oxygen atoms in total. The number of pyridine rings is 1. The van der Waals surface area contributed by atoms with E-state index in [0.29, 0.717) is 56.6 Å². The Hall–Kier alpha value is -5.73. The van der Waals surface area contributed by atoms with Gasteiger partial charge in [0.25, 0.3) is 11.8 Å². The van der Waals surface area contributed by atoms with Gasteiger partial charge in [-0.15, -0.1) is 0 Å². The first kappa shape index (κ1) is 42.4. The summed E-state index contributed by atoms with van der Waals surface area (Å²) in [4.78, 5) is 61.3. The fraction of sp³-hybridized carbons (Fsp3) is 0.457. The van der Waals surface area contributed by atoms with E-state index in [4.69, 9.17) is 14.2 Å². The maximum atomic E-state index is 14.5. The van der Waals surface area contributed by atoms with Crippen molar-refractivity contribution in [2.75, 3.05) is 33.4 Å². The molecule has 2 fully saturated rings. The molecule has 2 aromatic carbocycles. The summed E-state index contributed by atoms with van der Waals surface area (Å²) in [5, 5.41) is 16.4. The van der Waals surface area contributed by atoms with E-state index in [-0.39, 0.29) is 31.1 Å². The number of likely N-dealkylation sites (tertiary alicyclic amines) is 1. The summed E-state index contributed by atoms with van der Waals surface area (Å²) in [6.45, 7) is 12.1. The number of methoxy groups -OCH3 is 1. The molecule has 3 N–H and O–H groups in total. The summed E-state index contributed by atoms with van der Waals surface area (Å²) >= 11 is 0. The van der Waals surface area contributed by atoms with Crippen LogP contribution in [0.4, 0.5) is 4.79 Å². The number of rotatable bonds is 7. The number of ether oxygens (including phenoxy) is 3. The Balaban J connectivity index is 1.34. The highest BCUT2D eigenvalue weighted by molar-refractivity contribution is 5.98. The van der Waals surface area contributed by atoms with Gasteiger partial charge in [0.1, 0.15) is 17.8 Å². The molecule has 2 atom stereocenters. The van der Waals surface area contributed by atoms with E-state index in [9.17, 15) is 24.3 Å². The third kappa shape index (κ3) is 9.04. The van der Waals surface area contributed by atoms with Crippen LogP contribution in [0.2, 0.25) is 0 Å². The van der Waals surface area contributed by atoms with Gasteiger partial charge >= 0.3 is 12.1 Å². The topological polar surface area (TPSA) is 165 Å². The maximum Gasteiger partial charge on any atom is 0.415 e. The molecule has 5 heterocycles. The Bertz CT molecular complexity index is 2320. The number of nitrogens with zero attached hydrogens (tertiary/aromatic N) is 4. The van der Waals surface area contributed by atoms with E-state index in [0.717, 1.165) is 57.3 Å². The van der Waals surface area contributed by atoms with Crippen LogP contribution in [0.25, 0.3) is 33.3 Å². The van der Waals surface area contributed by atoms with Gasteiger partial charge in [-0.1, -0.05) is 26.0 Å². The summed E-state index contributed by atoms with van der Waals surface area (Å²) in [7, 11) is 1.67. The molecule has 0 aliphatic carbocycles. The van der Waals surface area contributed by atoms with E-state index in [1.54, 1.807) is 44.2 Å². The van der Waals surface area contributed by atoms with E-state index in [1.807, 2.05) is 24.4 Å². The van der Waals surface area contributed by atoms with Gasteiger partial charge < -0.3 is 34.1 Å². The van der Waals surface area contributed by atoms with Crippen LogP contribution in [0.1, 0.15) is 77.0 Å².